The zero-order valence-corrected chi connectivity index (χ0v) is 18.0. The lowest BCUT2D eigenvalue weighted by atomic mass is 10.1. The summed E-state index contributed by atoms with van der Waals surface area (Å²) < 4.78 is 7.22. The van der Waals surface area contributed by atoms with Gasteiger partial charge < -0.3 is 9.64 Å². The number of aromatic nitrogens is 3. The zero-order chi connectivity index (χ0) is 21.4. The molecular weight excluding hydrogens is 414 g/mol. The van der Waals surface area contributed by atoms with E-state index < -0.39 is 0 Å². The van der Waals surface area contributed by atoms with Crippen LogP contribution in [0.4, 0.5) is 5.13 Å². The van der Waals surface area contributed by atoms with Crippen LogP contribution in [0.15, 0.2) is 36.5 Å². The summed E-state index contributed by atoms with van der Waals surface area (Å²) in [5.41, 5.74) is 3.29. The average Bonchev–Trinajstić information content (AvgIpc) is 3.53. The SMILES string of the molecule is Cc1c(C(=O)N2CCc3nc(NC(=O)C4CCCO4)sc3C2)cnn1-c1ccccc1. The molecular formula is C22H23N5O3S. The normalized spacial score (nSPS) is 18.1. The number of anilines is 1. The van der Waals surface area contributed by atoms with Crippen LogP contribution in [0.3, 0.4) is 0 Å². The molecule has 1 N–H and O–H groups in total. The van der Waals surface area contributed by atoms with Crippen molar-refractivity contribution >= 4 is 28.3 Å². The van der Waals surface area contributed by atoms with Gasteiger partial charge in [-0.2, -0.15) is 5.10 Å². The third-order valence-corrected chi connectivity index (χ3v) is 6.71. The Bertz CT molecular complexity index is 1120. The van der Waals surface area contributed by atoms with Crippen molar-refractivity contribution < 1.29 is 14.3 Å². The van der Waals surface area contributed by atoms with Crippen molar-refractivity contribution in [3.05, 3.63) is 58.4 Å². The van der Waals surface area contributed by atoms with Gasteiger partial charge in [-0.25, -0.2) is 9.67 Å². The highest BCUT2D eigenvalue weighted by Gasteiger charge is 2.29. The molecule has 9 heteroatoms. The summed E-state index contributed by atoms with van der Waals surface area (Å²) in [6.07, 6.45) is 3.57. The Hall–Kier alpha value is -3.04. The maximum absolute atomic E-state index is 13.2. The van der Waals surface area contributed by atoms with Crippen LogP contribution in [0.25, 0.3) is 5.69 Å². The van der Waals surface area contributed by atoms with Crippen LogP contribution < -0.4 is 5.32 Å². The number of nitrogens with one attached hydrogen (secondary N) is 1. The number of hydrogen-bond acceptors (Lipinski definition) is 6. The molecule has 2 amide bonds. The second-order valence-electron chi connectivity index (χ2n) is 7.75. The van der Waals surface area contributed by atoms with Crippen molar-refractivity contribution in [1.29, 1.82) is 0 Å². The molecule has 2 aliphatic heterocycles. The van der Waals surface area contributed by atoms with Crippen molar-refractivity contribution in [3.8, 4) is 5.69 Å². The van der Waals surface area contributed by atoms with Crippen LogP contribution in [0.5, 0.6) is 0 Å². The Kier molecular flexibility index (Phi) is 5.29. The number of rotatable bonds is 4. The van der Waals surface area contributed by atoms with Crippen LogP contribution in [0.2, 0.25) is 0 Å². The number of nitrogens with zero attached hydrogens (tertiary/aromatic N) is 4. The molecule has 2 aliphatic rings. The predicted octanol–water partition coefficient (Wildman–Crippen LogP) is 2.95. The Balaban J connectivity index is 1.30. The molecule has 0 saturated carbocycles. The lowest BCUT2D eigenvalue weighted by Gasteiger charge is -2.26. The standard InChI is InChI=1S/C22H23N5O3S/c1-14-16(12-23-27(14)15-6-3-2-4-7-15)21(29)26-10-9-17-19(13-26)31-22(24-17)25-20(28)18-8-5-11-30-18/h2-4,6-7,12,18H,5,8-11,13H2,1H3,(H,24,25,28). The Morgan fingerprint density at radius 1 is 1.26 bits per heavy atom. The summed E-state index contributed by atoms with van der Waals surface area (Å²) >= 11 is 1.43. The van der Waals surface area contributed by atoms with E-state index >= 15 is 0 Å². The summed E-state index contributed by atoms with van der Waals surface area (Å²) in [5.74, 6) is -0.177. The molecule has 1 unspecified atom stereocenters. The van der Waals surface area contributed by atoms with Gasteiger partial charge in [0, 0.05) is 24.4 Å². The van der Waals surface area contributed by atoms with Gasteiger partial charge in [0.2, 0.25) is 0 Å². The van der Waals surface area contributed by atoms with Crippen LogP contribution in [-0.2, 0) is 22.5 Å². The lowest BCUT2D eigenvalue weighted by Crippen LogP contribution is -2.35. The number of thiazole rings is 1. The first-order valence-electron chi connectivity index (χ1n) is 10.4. The summed E-state index contributed by atoms with van der Waals surface area (Å²) in [6, 6.07) is 9.77. The van der Waals surface area contributed by atoms with E-state index in [9.17, 15) is 9.59 Å². The maximum atomic E-state index is 13.2. The molecule has 1 fully saturated rings. The van der Waals surface area contributed by atoms with E-state index in [0.29, 0.717) is 36.8 Å². The van der Waals surface area contributed by atoms with E-state index in [1.54, 1.807) is 10.9 Å². The number of ether oxygens (including phenoxy) is 1. The van der Waals surface area contributed by atoms with Gasteiger partial charge in [0.05, 0.1) is 35.4 Å². The number of carbonyl (C=O) groups is 2. The first-order chi connectivity index (χ1) is 15.1. The third kappa shape index (κ3) is 3.86. The Labute approximate surface area is 183 Å². The second-order valence-corrected chi connectivity index (χ2v) is 8.83. The van der Waals surface area contributed by atoms with E-state index in [0.717, 1.165) is 34.8 Å². The van der Waals surface area contributed by atoms with Crippen LogP contribution >= 0.6 is 11.3 Å². The Morgan fingerprint density at radius 3 is 2.87 bits per heavy atom. The van der Waals surface area contributed by atoms with Crippen LogP contribution in [0.1, 0.15) is 39.5 Å². The molecule has 0 aliphatic carbocycles. The van der Waals surface area contributed by atoms with Gasteiger partial charge in [0.25, 0.3) is 11.8 Å². The number of benzene rings is 1. The van der Waals surface area contributed by atoms with Gasteiger partial charge in [-0.1, -0.05) is 29.5 Å². The van der Waals surface area contributed by atoms with E-state index in [1.165, 1.54) is 11.3 Å². The Morgan fingerprint density at radius 2 is 2.10 bits per heavy atom. The molecule has 1 aromatic carbocycles. The predicted molar refractivity (Wildman–Crippen MR) is 116 cm³/mol. The molecule has 2 aromatic heterocycles. The van der Waals surface area contributed by atoms with E-state index in [2.05, 4.69) is 15.4 Å². The van der Waals surface area contributed by atoms with Crippen molar-refractivity contribution in [3.63, 3.8) is 0 Å². The summed E-state index contributed by atoms with van der Waals surface area (Å²) in [5, 5.41) is 7.87. The van der Waals surface area contributed by atoms with Gasteiger partial charge in [0.1, 0.15) is 6.10 Å². The highest BCUT2D eigenvalue weighted by molar-refractivity contribution is 7.15. The van der Waals surface area contributed by atoms with E-state index in [-0.39, 0.29) is 17.9 Å². The zero-order valence-electron chi connectivity index (χ0n) is 17.2. The second kappa shape index (κ2) is 8.24. The molecule has 1 saturated heterocycles. The largest absolute Gasteiger partial charge is 0.368 e. The minimum absolute atomic E-state index is 0.0383. The minimum atomic E-state index is -0.386. The van der Waals surface area contributed by atoms with Gasteiger partial charge >= 0.3 is 0 Å². The first-order valence-corrected chi connectivity index (χ1v) is 11.2. The number of para-hydroxylation sites is 1. The molecule has 0 bridgehead atoms. The highest BCUT2D eigenvalue weighted by atomic mass is 32.1. The van der Waals surface area contributed by atoms with Gasteiger partial charge in [0.15, 0.2) is 5.13 Å². The molecule has 8 nitrogen and oxygen atoms in total. The minimum Gasteiger partial charge on any atom is -0.368 e. The van der Waals surface area contributed by atoms with E-state index in [4.69, 9.17) is 4.74 Å². The van der Waals surface area contributed by atoms with E-state index in [1.807, 2.05) is 42.2 Å². The number of amides is 2. The highest BCUT2D eigenvalue weighted by Crippen LogP contribution is 2.30. The first kappa shape index (κ1) is 19.9. The maximum Gasteiger partial charge on any atom is 0.257 e. The van der Waals surface area contributed by atoms with Gasteiger partial charge in [-0.05, 0) is 31.9 Å². The molecule has 5 rings (SSSR count). The fourth-order valence-corrected chi connectivity index (χ4v) is 5.04. The van der Waals surface area contributed by atoms with Crippen molar-refractivity contribution in [1.82, 2.24) is 19.7 Å². The fourth-order valence-electron chi connectivity index (χ4n) is 4.01. The third-order valence-electron chi connectivity index (χ3n) is 5.71. The molecule has 31 heavy (non-hydrogen) atoms. The summed E-state index contributed by atoms with van der Waals surface area (Å²) in [6.45, 7) is 3.61. The molecule has 0 spiro atoms. The summed E-state index contributed by atoms with van der Waals surface area (Å²) in [4.78, 5) is 32.9. The number of hydrogen-bond donors (Lipinski definition) is 1. The van der Waals surface area contributed by atoms with Crippen LogP contribution in [-0.4, -0.2) is 50.7 Å². The van der Waals surface area contributed by atoms with Crippen molar-refractivity contribution in [2.75, 3.05) is 18.5 Å². The number of carbonyl (C=O) groups excluding carboxylic acids is 2. The monoisotopic (exact) mass is 437 g/mol. The average molecular weight is 438 g/mol. The van der Waals surface area contributed by atoms with Crippen LogP contribution in [0, 0.1) is 6.92 Å². The molecule has 1 atom stereocenters. The quantitative estimate of drug-likeness (QED) is 0.678. The molecule has 3 aromatic rings. The van der Waals surface area contributed by atoms with Crippen molar-refractivity contribution in [2.24, 2.45) is 0 Å². The molecule has 0 radical (unpaired) electrons. The van der Waals surface area contributed by atoms with Gasteiger partial charge in [-0.15, -0.1) is 0 Å². The molecule has 4 heterocycles. The lowest BCUT2D eigenvalue weighted by molar-refractivity contribution is -0.124. The van der Waals surface area contributed by atoms with Gasteiger partial charge in [-0.3, -0.25) is 14.9 Å². The number of fused-ring (bicyclic) bond motifs is 1. The smallest absolute Gasteiger partial charge is 0.257 e. The van der Waals surface area contributed by atoms with Crippen molar-refractivity contribution in [2.45, 2.75) is 38.8 Å². The molecule has 160 valence electrons. The summed E-state index contributed by atoms with van der Waals surface area (Å²) in [7, 11) is 0. The fraction of sp³-hybridized carbons (Fsp3) is 0.364. The topological polar surface area (TPSA) is 89.3 Å².